The van der Waals surface area contributed by atoms with Crippen LogP contribution in [0.2, 0.25) is 0 Å². The van der Waals surface area contributed by atoms with Gasteiger partial charge in [-0.15, -0.1) is 0 Å². The SMILES string of the molecule is COc1ccccc1CC(=O)Nc1cnn(CC(=O)N2CCCC[C@@H]2CCn2cccn2)c1. The van der Waals surface area contributed by atoms with Crippen LogP contribution in [-0.4, -0.2) is 56.0 Å². The number of hydrogen-bond donors (Lipinski definition) is 1. The van der Waals surface area contributed by atoms with Gasteiger partial charge < -0.3 is 15.0 Å². The smallest absolute Gasteiger partial charge is 0.244 e. The highest BCUT2D eigenvalue weighted by molar-refractivity contribution is 5.92. The fourth-order valence-electron chi connectivity index (χ4n) is 4.31. The van der Waals surface area contributed by atoms with Gasteiger partial charge in [-0.3, -0.25) is 19.0 Å². The molecule has 1 aromatic carbocycles. The summed E-state index contributed by atoms with van der Waals surface area (Å²) in [4.78, 5) is 27.5. The molecule has 1 N–H and O–H groups in total. The molecule has 1 fully saturated rings. The quantitative estimate of drug-likeness (QED) is 0.541. The Morgan fingerprint density at radius 2 is 2.03 bits per heavy atom. The molecule has 3 heterocycles. The third kappa shape index (κ3) is 6.00. The molecule has 9 heteroatoms. The standard InChI is InChI=1S/C24H30N6O3/c1-33-22-9-3-2-7-19(22)15-23(31)27-20-16-26-29(17-20)18-24(32)30-13-5-4-8-21(30)10-14-28-12-6-11-25-28/h2-3,6-7,9,11-12,16-17,21H,4-5,8,10,13-15,18H2,1H3,(H,27,31)/t21-/m1/s1. The molecular weight excluding hydrogens is 420 g/mol. The summed E-state index contributed by atoms with van der Waals surface area (Å²) >= 11 is 0. The summed E-state index contributed by atoms with van der Waals surface area (Å²) in [7, 11) is 1.59. The number of likely N-dealkylation sites (tertiary alicyclic amines) is 1. The van der Waals surface area contributed by atoms with Gasteiger partial charge in [0.15, 0.2) is 0 Å². The highest BCUT2D eigenvalue weighted by Gasteiger charge is 2.26. The third-order valence-electron chi connectivity index (χ3n) is 5.96. The van der Waals surface area contributed by atoms with E-state index in [1.165, 1.54) is 0 Å². The van der Waals surface area contributed by atoms with Crippen molar-refractivity contribution in [2.24, 2.45) is 0 Å². The van der Waals surface area contributed by atoms with E-state index in [9.17, 15) is 9.59 Å². The van der Waals surface area contributed by atoms with Crippen LogP contribution in [0.15, 0.2) is 55.1 Å². The minimum atomic E-state index is -0.167. The Labute approximate surface area is 193 Å². The molecule has 2 aromatic heterocycles. The molecule has 33 heavy (non-hydrogen) atoms. The minimum absolute atomic E-state index is 0.0511. The van der Waals surface area contributed by atoms with Crippen molar-refractivity contribution in [1.82, 2.24) is 24.5 Å². The molecule has 0 bridgehead atoms. The Bertz CT molecular complexity index is 1060. The molecule has 1 aliphatic heterocycles. The first-order chi connectivity index (χ1) is 16.1. The Balaban J connectivity index is 1.31. The topological polar surface area (TPSA) is 94.3 Å². The summed E-state index contributed by atoms with van der Waals surface area (Å²) in [6, 6.07) is 9.56. The predicted molar refractivity (Wildman–Crippen MR) is 124 cm³/mol. The van der Waals surface area contributed by atoms with Crippen LogP contribution in [-0.2, 0) is 29.1 Å². The summed E-state index contributed by atoms with van der Waals surface area (Å²) < 4.78 is 8.80. The number of ether oxygens (including phenoxy) is 1. The maximum Gasteiger partial charge on any atom is 0.244 e. The molecule has 174 valence electrons. The number of nitrogens with one attached hydrogen (secondary N) is 1. The van der Waals surface area contributed by atoms with Crippen LogP contribution in [0.4, 0.5) is 5.69 Å². The van der Waals surface area contributed by atoms with Gasteiger partial charge >= 0.3 is 0 Å². The van der Waals surface area contributed by atoms with Crippen molar-refractivity contribution in [3.63, 3.8) is 0 Å². The van der Waals surface area contributed by atoms with Gasteiger partial charge in [-0.05, 0) is 37.8 Å². The van der Waals surface area contributed by atoms with Crippen molar-refractivity contribution < 1.29 is 14.3 Å². The van der Waals surface area contributed by atoms with Gasteiger partial charge in [-0.1, -0.05) is 18.2 Å². The van der Waals surface area contributed by atoms with Crippen molar-refractivity contribution in [3.05, 3.63) is 60.7 Å². The number of amides is 2. The zero-order valence-electron chi connectivity index (χ0n) is 18.9. The summed E-state index contributed by atoms with van der Waals surface area (Å²) in [5.41, 5.74) is 1.38. The van der Waals surface area contributed by atoms with Gasteiger partial charge in [0.05, 0.1) is 25.4 Å². The Morgan fingerprint density at radius 1 is 1.15 bits per heavy atom. The number of para-hydroxylation sites is 1. The van der Waals surface area contributed by atoms with Crippen LogP contribution in [0, 0.1) is 0 Å². The number of anilines is 1. The number of methoxy groups -OCH3 is 1. The minimum Gasteiger partial charge on any atom is -0.496 e. The molecule has 2 amide bonds. The molecule has 0 spiro atoms. The van der Waals surface area contributed by atoms with Gasteiger partial charge in [-0.25, -0.2) is 0 Å². The van der Waals surface area contributed by atoms with E-state index in [1.54, 1.807) is 30.4 Å². The highest BCUT2D eigenvalue weighted by Crippen LogP contribution is 2.21. The second-order valence-electron chi connectivity index (χ2n) is 8.26. The highest BCUT2D eigenvalue weighted by atomic mass is 16.5. The summed E-state index contributed by atoms with van der Waals surface area (Å²) in [6.07, 6.45) is 11.2. The van der Waals surface area contributed by atoms with Gasteiger partial charge in [0, 0.05) is 43.3 Å². The zero-order valence-corrected chi connectivity index (χ0v) is 18.9. The average Bonchev–Trinajstić information content (AvgIpc) is 3.50. The van der Waals surface area contributed by atoms with E-state index < -0.39 is 0 Å². The fraction of sp³-hybridized carbons (Fsp3) is 0.417. The van der Waals surface area contributed by atoms with Crippen LogP contribution in [0.1, 0.15) is 31.2 Å². The summed E-state index contributed by atoms with van der Waals surface area (Å²) in [5.74, 6) is 0.563. The van der Waals surface area contributed by atoms with Gasteiger partial charge in [0.25, 0.3) is 0 Å². The van der Waals surface area contributed by atoms with Gasteiger partial charge in [0.2, 0.25) is 11.8 Å². The number of piperidine rings is 1. The van der Waals surface area contributed by atoms with E-state index in [1.807, 2.05) is 46.1 Å². The molecule has 0 saturated carbocycles. The molecule has 1 saturated heterocycles. The Kier molecular flexibility index (Phi) is 7.39. The number of aryl methyl sites for hydroxylation is 1. The molecule has 3 aromatic rings. The number of carbonyl (C=O) groups is 2. The monoisotopic (exact) mass is 450 g/mol. The molecule has 0 aliphatic carbocycles. The van der Waals surface area contributed by atoms with E-state index in [0.29, 0.717) is 11.4 Å². The van der Waals surface area contributed by atoms with Crippen LogP contribution >= 0.6 is 0 Å². The van der Waals surface area contributed by atoms with Crippen molar-refractivity contribution in [2.45, 2.75) is 51.2 Å². The van der Waals surface area contributed by atoms with Crippen LogP contribution in [0.5, 0.6) is 5.75 Å². The molecule has 1 atom stereocenters. The van der Waals surface area contributed by atoms with Crippen molar-refractivity contribution >= 4 is 17.5 Å². The van der Waals surface area contributed by atoms with Gasteiger partial charge in [-0.2, -0.15) is 10.2 Å². The fourth-order valence-corrected chi connectivity index (χ4v) is 4.31. The van der Waals surface area contributed by atoms with Crippen LogP contribution in [0.25, 0.3) is 0 Å². The third-order valence-corrected chi connectivity index (χ3v) is 5.96. The zero-order chi connectivity index (χ0) is 23.0. The lowest BCUT2D eigenvalue weighted by atomic mass is 9.99. The van der Waals surface area contributed by atoms with Crippen molar-refractivity contribution in [1.29, 1.82) is 0 Å². The number of hydrogen-bond acceptors (Lipinski definition) is 5. The lowest BCUT2D eigenvalue weighted by molar-refractivity contribution is -0.136. The molecule has 0 unspecified atom stereocenters. The Morgan fingerprint density at radius 3 is 2.85 bits per heavy atom. The molecule has 0 radical (unpaired) electrons. The summed E-state index contributed by atoms with van der Waals surface area (Å²) in [5, 5.41) is 11.4. The Hall–Kier alpha value is -3.62. The predicted octanol–water partition coefficient (Wildman–Crippen LogP) is 2.74. The molecule has 1 aliphatic rings. The van der Waals surface area contributed by atoms with E-state index in [2.05, 4.69) is 15.5 Å². The number of nitrogens with zero attached hydrogens (tertiary/aromatic N) is 5. The number of rotatable bonds is 9. The lowest BCUT2D eigenvalue weighted by Crippen LogP contribution is -2.45. The van der Waals surface area contributed by atoms with E-state index in [0.717, 1.165) is 44.3 Å². The summed E-state index contributed by atoms with van der Waals surface area (Å²) in [6.45, 7) is 1.72. The average molecular weight is 451 g/mol. The van der Waals surface area contributed by atoms with E-state index in [4.69, 9.17) is 4.74 Å². The number of aromatic nitrogens is 4. The maximum atomic E-state index is 13.0. The van der Waals surface area contributed by atoms with Crippen molar-refractivity contribution in [2.75, 3.05) is 19.0 Å². The van der Waals surface area contributed by atoms with E-state index in [-0.39, 0.29) is 30.8 Å². The van der Waals surface area contributed by atoms with Gasteiger partial charge in [0.1, 0.15) is 12.3 Å². The first-order valence-corrected chi connectivity index (χ1v) is 11.3. The normalized spacial score (nSPS) is 15.9. The van der Waals surface area contributed by atoms with E-state index >= 15 is 0 Å². The molecular formula is C24H30N6O3. The lowest BCUT2D eigenvalue weighted by Gasteiger charge is -2.36. The largest absolute Gasteiger partial charge is 0.496 e. The van der Waals surface area contributed by atoms with Crippen molar-refractivity contribution in [3.8, 4) is 5.75 Å². The first-order valence-electron chi connectivity index (χ1n) is 11.3. The first kappa shape index (κ1) is 22.6. The molecule has 9 nitrogen and oxygen atoms in total. The van der Waals surface area contributed by atoms with Crippen LogP contribution in [0.3, 0.4) is 0 Å². The molecule has 4 rings (SSSR count). The maximum absolute atomic E-state index is 13.0. The number of carbonyl (C=O) groups excluding carboxylic acids is 2. The number of benzene rings is 1. The van der Waals surface area contributed by atoms with Crippen LogP contribution < -0.4 is 10.1 Å². The second-order valence-corrected chi connectivity index (χ2v) is 8.26. The second kappa shape index (κ2) is 10.8.